The zero-order chi connectivity index (χ0) is 13.0. The molecule has 2 N–H and O–H groups in total. The number of ether oxygens (including phenoxy) is 1. The summed E-state index contributed by atoms with van der Waals surface area (Å²) in [4.78, 5) is 0. The molecule has 0 saturated carbocycles. The van der Waals surface area contributed by atoms with Crippen LogP contribution in [0.2, 0.25) is 0 Å². The Kier molecular flexibility index (Phi) is 5.04. The molecule has 3 atom stereocenters. The predicted molar refractivity (Wildman–Crippen MR) is 72.1 cm³/mol. The van der Waals surface area contributed by atoms with Crippen LogP contribution in [0.15, 0.2) is 0 Å². The fourth-order valence-electron chi connectivity index (χ4n) is 3.22. The zero-order valence-electron chi connectivity index (χ0n) is 11.0. The molecule has 2 heterocycles. The molecule has 0 aromatic heterocycles. The van der Waals surface area contributed by atoms with Crippen molar-refractivity contribution in [3.05, 3.63) is 0 Å². The summed E-state index contributed by atoms with van der Waals surface area (Å²) in [5.74, 6) is 1.39. The van der Waals surface area contributed by atoms with E-state index in [9.17, 15) is 8.42 Å². The summed E-state index contributed by atoms with van der Waals surface area (Å²) in [6.45, 7) is 1.53. The van der Waals surface area contributed by atoms with Gasteiger partial charge >= 0.3 is 0 Å². The van der Waals surface area contributed by atoms with Crippen molar-refractivity contribution >= 4 is 9.84 Å². The van der Waals surface area contributed by atoms with Crippen molar-refractivity contribution < 1.29 is 13.2 Å². The molecule has 0 aromatic rings. The summed E-state index contributed by atoms with van der Waals surface area (Å²) in [5.41, 5.74) is 5.81. The van der Waals surface area contributed by atoms with Gasteiger partial charge in [-0.25, -0.2) is 8.42 Å². The third-order valence-corrected chi connectivity index (χ3v) is 6.16. The lowest BCUT2D eigenvalue weighted by Gasteiger charge is -2.21. The first-order chi connectivity index (χ1) is 8.61. The van der Waals surface area contributed by atoms with Crippen LogP contribution < -0.4 is 5.73 Å². The number of hydrogen-bond donors (Lipinski definition) is 1. The van der Waals surface area contributed by atoms with E-state index in [-0.39, 0.29) is 0 Å². The van der Waals surface area contributed by atoms with Crippen molar-refractivity contribution in [3.63, 3.8) is 0 Å². The van der Waals surface area contributed by atoms with Crippen LogP contribution in [0.25, 0.3) is 0 Å². The highest BCUT2D eigenvalue weighted by molar-refractivity contribution is 7.91. The highest BCUT2D eigenvalue weighted by Gasteiger charge is 2.32. The molecule has 2 aliphatic rings. The Labute approximate surface area is 110 Å². The molecule has 0 aromatic carbocycles. The van der Waals surface area contributed by atoms with Gasteiger partial charge in [0.15, 0.2) is 9.84 Å². The average molecular weight is 275 g/mol. The maximum absolute atomic E-state index is 11.5. The third-order valence-electron chi connectivity index (χ3n) is 4.36. The van der Waals surface area contributed by atoms with E-state index in [1.54, 1.807) is 0 Å². The first-order valence-electron chi connectivity index (χ1n) is 7.13. The number of hydrogen-bond acceptors (Lipinski definition) is 4. The van der Waals surface area contributed by atoms with Crippen LogP contribution in [-0.4, -0.2) is 39.2 Å². The van der Waals surface area contributed by atoms with E-state index in [1.165, 1.54) is 12.8 Å². The van der Waals surface area contributed by atoms with Crippen LogP contribution >= 0.6 is 0 Å². The lowest BCUT2D eigenvalue weighted by atomic mass is 9.87. The van der Waals surface area contributed by atoms with Gasteiger partial charge < -0.3 is 10.5 Å². The molecule has 2 saturated heterocycles. The maximum Gasteiger partial charge on any atom is 0.150 e. The third kappa shape index (κ3) is 3.93. The fraction of sp³-hybridized carbons (Fsp3) is 1.00. The van der Waals surface area contributed by atoms with E-state index in [1.807, 2.05) is 0 Å². The van der Waals surface area contributed by atoms with Crippen molar-refractivity contribution in [2.24, 2.45) is 17.6 Å². The Morgan fingerprint density at radius 1 is 1.33 bits per heavy atom. The monoisotopic (exact) mass is 275 g/mol. The minimum Gasteiger partial charge on any atom is -0.378 e. The summed E-state index contributed by atoms with van der Waals surface area (Å²) >= 11 is 0. The molecule has 106 valence electrons. The molecule has 0 bridgehead atoms. The van der Waals surface area contributed by atoms with Gasteiger partial charge in [0.05, 0.1) is 17.6 Å². The Morgan fingerprint density at radius 3 is 2.72 bits per heavy atom. The van der Waals surface area contributed by atoms with Gasteiger partial charge in [0.1, 0.15) is 0 Å². The van der Waals surface area contributed by atoms with Crippen molar-refractivity contribution in [3.8, 4) is 0 Å². The van der Waals surface area contributed by atoms with E-state index >= 15 is 0 Å². The molecular weight excluding hydrogens is 250 g/mol. The minimum absolute atomic E-state index is 0.296. The molecule has 18 heavy (non-hydrogen) atoms. The lowest BCUT2D eigenvalue weighted by molar-refractivity contribution is 0.0999. The topological polar surface area (TPSA) is 69.4 Å². The number of rotatable bonds is 6. The molecule has 2 rings (SSSR count). The molecule has 3 unspecified atom stereocenters. The smallest absolute Gasteiger partial charge is 0.150 e. The Hall–Kier alpha value is -0.130. The van der Waals surface area contributed by atoms with Crippen molar-refractivity contribution in [1.29, 1.82) is 0 Å². The Morgan fingerprint density at radius 2 is 2.17 bits per heavy atom. The summed E-state index contributed by atoms with van der Waals surface area (Å²) in [5, 5.41) is 0. The van der Waals surface area contributed by atoms with Gasteiger partial charge in [-0.3, -0.25) is 0 Å². The van der Waals surface area contributed by atoms with Gasteiger partial charge in [-0.2, -0.15) is 0 Å². The maximum atomic E-state index is 11.5. The normalized spacial score (nSPS) is 32.7. The van der Waals surface area contributed by atoms with Crippen LogP contribution in [0.3, 0.4) is 0 Å². The van der Waals surface area contributed by atoms with Crippen LogP contribution in [0.4, 0.5) is 0 Å². The van der Waals surface area contributed by atoms with Crippen LogP contribution in [0.1, 0.15) is 38.5 Å². The second-order valence-electron chi connectivity index (χ2n) is 5.72. The Bertz CT molecular complexity index is 349. The highest BCUT2D eigenvalue weighted by atomic mass is 32.2. The highest BCUT2D eigenvalue weighted by Crippen LogP contribution is 2.29. The van der Waals surface area contributed by atoms with Gasteiger partial charge in [-0.05, 0) is 50.5 Å². The SMILES string of the molecule is NCC(CCCC1CCCO1)C1CCS(=O)(=O)C1. The second kappa shape index (κ2) is 6.35. The molecule has 4 nitrogen and oxygen atoms in total. The average Bonchev–Trinajstić information content (AvgIpc) is 2.94. The molecule has 5 heteroatoms. The van der Waals surface area contributed by atoms with Gasteiger partial charge in [0.2, 0.25) is 0 Å². The van der Waals surface area contributed by atoms with Crippen molar-refractivity contribution in [1.82, 2.24) is 0 Å². The van der Waals surface area contributed by atoms with E-state index in [0.717, 1.165) is 32.3 Å². The zero-order valence-corrected chi connectivity index (χ0v) is 11.8. The molecule has 0 aliphatic carbocycles. The number of nitrogens with two attached hydrogens (primary N) is 1. The molecular formula is C13H25NO3S. The Balaban J connectivity index is 1.72. The summed E-state index contributed by atoms with van der Waals surface area (Å²) in [6, 6.07) is 0. The lowest BCUT2D eigenvalue weighted by Crippen LogP contribution is -2.25. The van der Waals surface area contributed by atoms with Gasteiger partial charge in [-0.15, -0.1) is 0 Å². The fourth-order valence-corrected chi connectivity index (χ4v) is 5.14. The molecule has 2 aliphatic heterocycles. The number of sulfone groups is 1. The standard InChI is InChI=1S/C13H25NO3S/c14-9-11(12-6-8-18(15,16)10-12)3-1-4-13-5-2-7-17-13/h11-13H,1-10,14H2. The first-order valence-corrected chi connectivity index (χ1v) is 8.95. The quantitative estimate of drug-likeness (QED) is 0.794. The summed E-state index contributed by atoms with van der Waals surface area (Å²) in [7, 11) is -2.77. The van der Waals surface area contributed by atoms with E-state index in [0.29, 0.717) is 36.0 Å². The molecule has 2 fully saturated rings. The van der Waals surface area contributed by atoms with E-state index in [4.69, 9.17) is 10.5 Å². The molecule has 0 spiro atoms. The van der Waals surface area contributed by atoms with Gasteiger partial charge in [-0.1, -0.05) is 6.42 Å². The predicted octanol–water partition coefficient (Wildman–Crippen LogP) is 1.35. The molecule has 0 amide bonds. The van der Waals surface area contributed by atoms with E-state index < -0.39 is 9.84 Å². The second-order valence-corrected chi connectivity index (χ2v) is 7.95. The van der Waals surface area contributed by atoms with Gasteiger partial charge in [0, 0.05) is 6.61 Å². The first kappa shape index (κ1) is 14.3. The van der Waals surface area contributed by atoms with Crippen LogP contribution in [0, 0.1) is 11.8 Å². The molecule has 0 radical (unpaired) electrons. The van der Waals surface area contributed by atoms with Crippen LogP contribution in [-0.2, 0) is 14.6 Å². The van der Waals surface area contributed by atoms with Gasteiger partial charge in [0.25, 0.3) is 0 Å². The van der Waals surface area contributed by atoms with Crippen molar-refractivity contribution in [2.45, 2.75) is 44.6 Å². The summed E-state index contributed by atoms with van der Waals surface area (Å²) < 4.78 is 28.6. The van der Waals surface area contributed by atoms with Crippen molar-refractivity contribution in [2.75, 3.05) is 24.7 Å². The largest absolute Gasteiger partial charge is 0.378 e. The van der Waals surface area contributed by atoms with Crippen LogP contribution in [0.5, 0.6) is 0 Å². The summed E-state index contributed by atoms with van der Waals surface area (Å²) in [6.07, 6.45) is 6.90. The van der Waals surface area contributed by atoms with E-state index in [2.05, 4.69) is 0 Å². The minimum atomic E-state index is -2.77.